The summed E-state index contributed by atoms with van der Waals surface area (Å²) in [6.45, 7) is 0.918. The van der Waals surface area contributed by atoms with Crippen molar-refractivity contribution in [2.24, 2.45) is 0 Å². The highest BCUT2D eigenvalue weighted by atomic mass is 16.4. The second-order valence-corrected chi connectivity index (χ2v) is 2.31. The van der Waals surface area contributed by atoms with Crippen LogP contribution in [0.15, 0.2) is 0 Å². The third-order valence-electron chi connectivity index (χ3n) is 1.19. The van der Waals surface area contributed by atoms with E-state index in [0.29, 0.717) is 0 Å². The number of carboxylic acid groups (broad SMARTS) is 1. The van der Waals surface area contributed by atoms with Gasteiger partial charge in [-0.15, -0.1) is 0 Å². The summed E-state index contributed by atoms with van der Waals surface area (Å²) >= 11 is 0. The minimum Gasteiger partial charge on any atom is -0.480 e. The van der Waals surface area contributed by atoms with Gasteiger partial charge in [-0.1, -0.05) is 11.8 Å². The smallest absolute Gasteiger partial charge is 0.327 e. The number of carboxylic acids is 1. The summed E-state index contributed by atoms with van der Waals surface area (Å²) in [5.41, 5.74) is 0. The van der Waals surface area contributed by atoms with E-state index in [4.69, 9.17) is 10.2 Å². The summed E-state index contributed by atoms with van der Waals surface area (Å²) in [7, 11) is 0. The van der Waals surface area contributed by atoms with Gasteiger partial charge in [0.05, 0.1) is 0 Å². The van der Waals surface area contributed by atoms with Crippen LogP contribution in [0.3, 0.4) is 0 Å². The molecule has 1 atom stereocenters. The van der Waals surface area contributed by atoms with Crippen molar-refractivity contribution in [3.63, 3.8) is 0 Å². The SMILES string of the molecule is CC(=O)NC(CC#CCO)C(=O)O. The summed E-state index contributed by atoms with van der Waals surface area (Å²) in [5, 5.41) is 19.1. The zero-order chi connectivity index (χ0) is 10.3. The first-order chi connectivity index (χ1) is 6.07. The summed E-state index contributed by atoms with van der Waals surface area (Å²) in [4.78, 5) is 21.0. The average Bonchev–Trinajstić information content (AvgIpc) is 2.02. The predicted molar refractivity (Wildman–Crippen MR) is 44.7 cm³/mol. The number of aliphatic hydroxyl groups excluding tert-OH is 1. The number of amides is 1. The molecule has 0 aromatic carbocycles. The minimum atomic E-state index is -1.14. The van der Waals surface area contributed by atoms with Gasteiger partial charge in [0.1, 0.15) is 12.6 Å². The van der Waals surface area contributed by atoms with E-state index in [2.05, 4.69) is 17.2 Å². The molecule has 0 aromatic rings. The maximum absolute atomic E-state index is 10.5. The van der Waals surface area contributed by atoms with Crippen LogP contribution in [0.25, 0.3) is 0 Å². The maximum Gasteiger partial charge on any atom is 0.327 e. The standard InChI is InChI=1S/C8H11NO4/c1-6(11)9-7(8(12)13)4-2-3-5-10/h7,10H,4-5H2,1H3,(H,9,11)(H,12,13). The molecular weight excluding hydrogens is 174 g/mol. The van der Waals surface area contributed by atoms with E-state index < -0.39 is 17.9 Å². The zero-order valence-electron chi connectivity index (χ0n) is 7.20. The molecule has 0 spiro atoms. The van der Waals surface area contributed by atoms with Crippen molar-refractivity contribution in [1.29, 1.82) is 0 Å². The van der Waals surface area contributed by atoms with Crippen LogP contribution < -0.4 is 5.32 Å². The van der Waals surface area contributed by atoms with E-state index in [9.17, 15) is 9.59 Å². The van der Waals surface area contributed by atoms with Gasteiger partial charge in [0, 0.05) is 13.3 Å². The third kappa shape index (κ3) is 5.70. The Bertz CT molecular complexity index is 251. The number of carbonyl (C=O) groups is 2. The van der Waals surface area contributed by atoms with Gasteiger partial charge in [-0.05, 0) is 0 Å². The van der Waals surface area contributed by atoms with Crippen LogP contribution >= 0.6 is 0 Å². The number of nitrogens with one attached hydrogen (secondary N) is 1. The van der Waals surface area contributed by atoms with Crippen LogP contribution in [0.2, 0.25) is 0 Å². The molecule has 0 rings (SSSR count). The normalized spacial score (nSPS) is 10.9. The maximum atomic E-state index is 10.5. The number of rotatable bonds is 3. The molecule has 0 aliphatic carbocycles. The quantitative estimate of drug-likeness (QED) is 0.490. The fourth-order valence-electron chi connectivity index (χ4n) is 0.676. The Balaban J connectivity index is 4.10. The Morgan fingerprint density at radius 3 is 2.46 bits per heavy atom. The van der Waals surface area contributed by atoms with Gasteiger partial charge in [0.2, 0.25) is 5.91 Å². The number of aliphatic hydroxyl groups is 1. The topological polar surface area (TPSA) is 86.6 Å². The lowest BCUT2D eigenvalue weighted by Gasteiger charge is -2.08. The summed E-state index contributed by atoms with van der Waals surface area (Å²) in [6, 6.07) is -1.00. The van der Waals surface area contributed by atoms with E-state index in [1.165, 1.54) is 6.92 Å². The largest absolute Gasteiger partial charge is 0.480 e. The van der Waals surface area contributed by atoms with Crippen molar-refractivity contribution in [3.05, 3.63) is 0 Å². The number of aliphatic carboxylic acids is 1. The number of carbonyl (C=O) groups excluding carboxylic acids is 1. The first kappa shape index (κ1) is 11.5. The molecule has 0 heterocycles. The Morgan fingerprint density at radius 1 is 1.46 bits per heavy atom. The summed E-state index contributed by atoms with van der Waals surface area (Å²) in [6.07, 6.45) is -0.00449. The van der Waals surface area contributed by atoms with Crippen LogP contribution in [0.4, 0.5) is 0 Å². The molecule has 0 saturated carbocycles. The van der Waals surface area contributed by atoms with Crippen molar-refractivity contribution in [1.82, 2.24) is 5.32 Å². The minimum absolute atomic E-state index is 0.00449. The Labute approximate surface area is 75.8 Å². The van der Waals surface area contributed by atoms with E-state index in [1.54, 1.807) is 0 Å². The molecule has 0 radical (unpaired) electrons. The van der Waals surface area contributed by atoms with Gasteiger partial charge in [-0.2, -0.15) is 0 Å². The Morgan fingerprint density at radius 2 is 2.08 bits per heavy atom. The van der Waals surface area contributed by atoms with Crippen molar-refractivity contribution >= 4 is 11.9 Å². The van der Waals surface area contributed by atoms with Crippen LogP contribution in [-0.4, -0.2) is 34.7 Å². The lowest BCUT2D eigenvalue weighted by atomic mass is 10.2. The fourth-order valence-corrected chi connectivity index (χ4v) is 0.676. The van der Waals surface area contributed by atoms with Gasteiger partial charge >= 0.3 is 5.97 Å². The zero-order valence-corrected chi connectivity index (χ0v) is 7.20. The van der Waals surface area contributed by atoms with Crippen molar-refractivity contribution in [2.45, 2.75) is 19.4 Å². The molecule has 3 N–H and O–H groups in total. The van der Waals surface area contributed by atoms with Crippen LogP contribution in [0.1, 0.15) is 13.3 Å². The summed E-state index contributed by atoms with van der Waals surface area (Å²) in [5.74, 6) is 3.17. The molecule has 1 amide bonds. The predicted octanol–water partition coefficient (Wildman–Crippen LogP) is -1.04. The summed E-state index contributed by atoms with van der Waals surface area (Å²) < 4.78 is 0. The van der Waals surface area contributed by atoms with Gasteiger partial charge < -0.3 is 15.5 Å². The molecule has 13 heavy (non-hydrogen) atoms. The first-order valence-corrected chi connectivity index (χ1v) is 3.64. The molecule has 5 nitrogen and oxygen atoms in total. The number of hydrogen-bond acceptors (Lipinski definition) is 3. The van der Waals surface area contributed by atoms with E-state index in [1.807, 2.05) is 0 Å². The fraction of sp³-hybridized carbons (Fsp3) is 0.500. The van der Waals surface area contributed by atoms with Gasteiger partial charge in [0.25, 0.3) is 0 Å². The van der Waals surface area contributed by atoms with Crippen LogP contribution in [-0.2, 0) is 9.59 Å². The highest BCUT2D eigenvalue weighted by Crippen LogP contribution is 1.90. The lowest BCUT2D eigenvalue weighted by molar-refractivity contribution is -0.141. The molecule has 72 valence electrons. The van der Waals surface area contributed by atoms with Crippen molar-refractivity contribution < 1.29 is 19.8 Å². The second-order valence-electron chi connectivity index (χ2n) is 2.31. The molecule has 0 aliphatic heterocycles. The van der Waals surface area contributed by atoms with Crippen molar-refractivity contribution in [2.75, 3.05) is 6.61 Å². The lowest BCUT2D eigenvalue weighted by Crippen LogP contribution is -2.39. The average molecular weight is 185 g/mol. The van der Waals surface area contributed by atoms with E-state index in [-0.39, 0.29) is 13.0 Å². The third-order valence-corrected chi connectivity index (χ3v) is 1.19. The molecule has 0 saturated heterocycles. The molecule has 1 unspecified atom stereocenters. The Hall–Kier alpha value is -1.54. The molecule has 0 aliphatic rings. The first-order valence-electron chi connectivity index (χ1n) is 3.64. The number of hydrogen-bond donors (Lipinski definition) is 3. The molecule has 0 fully saturated rings. The second kappa shape index (κ2) is 6.03. The molecule has 0 aromatic heterocycles. The van der Waals surface area contributed by atoms with Gasteiger partial charge in [-0.25, -0.2) is 4.79 Å². The molecule has 5 heteroatoms. The highest BCUT2D eigenvalue weighted by molar-refractivity contribution is 5.82. The van der Waals surface area contributed by atoms with Gasteiger partial charge in [-0.3, -0.25) is 4.79 Å². The monoisotopic (exact) mass is 185 g/mol. The molecule has 0 bridgehead atoms. The Kier molecular flexibility index (Phi) is 5.32. The highest BCUT2D eigenvalue weighted by Gasteiger charge is 2.16. The van der Waals surface area contributed by atoms with E-state index in [0.717, 1.165) is 0 Å². The van der Waals surface area contributed by atoms with Crippen molar-refractivity contribution in [3.8, 4) is 11.8 Å². The van der Waals surface area contributed by atoms with Crippen LogP contribution in [0, 0.1) is 11.8 Å². The van der Waals surface area contributed by atoms with Crippen LogP contribution in [0.5, 0.6) is 0 Å². The van der Waals surface area contributed by atoms with Gasteiger partial charge in [0.15, 0.2) is 0 Å². The molecular formula is C8H11NO4. The van der Waals surface area contributed by atoms with E-state index >= 15 is 0 Å².